The molecule has 0 spiro atoms. The molecule has 2 rings (SSSR count). The number of hydrogen-bond donors (Lipinski definition) is 1. The standard InChI is InChI=1S/C14H18BrN/c1-3-11-12-9-10(2)6-7-14(12)16-13(11)5-4-8-15/h6-7,9,16H,3-5,8H2,1-2H3. The first-order chi connectivity index (χ1) is 7.76. The molecule has 0 bridgehead atoms. The number of benzene rings is 1. The van der Waals surface area contributed by atoms with E-state index in [1.165, 1.54) is 34.1 Å². The Kier molecular flexibility index (Phi) is 3.70. The highest BCUT2D eigenvalue weighted by molar-refractivity contribution is 9.09. The third-order valence-electron chi connectivity index (χ3n) is 3.06. The van der Waals surface area contributed by atoms with Crippen LogP contribution in [-0.4, -0.2) is 10.3 Å². The average molecular weight is 280 g/mol. The fourth-order valence-corrected chi connectivity index (χ4v) is 2.56. The summed E-state index contributed by atoms with van der Waals surface area (Å²) in [7, 11) is 0. The van der Waals surface area contributed by atoms with Gasteiger partial charge in [0.1, 0.15) is 0 Å². The maximum Gasteiger partial charge on any atom is 0.0459 e. The van der Waals surface area contributed by atoms with Gasteiger partial charge >= 0.3 is 0 Å². The molecule has 1 aromatic heterocycles. The minimum absolute atomic E-state index is 1.07. The average Bonchev–Trinajstić information content (AvgIpc) is 2.63. The van der Waals surface area contributed by atoms with Crippen LogP contribution in [0.3, 0.4) is 0 Å². The van der Waals surface area contributed by atoms with E-state index in [-0.39, 0.29) is 0 Å². The molecule has 1 N–H and O–H groups in total. The number of H-pyrrole nitrogens is 1. The van der Waals surface area contributed by atoms with Crippen LogP contribution in [0, 0.1) is 6.92 Å². The lowest BCUT2D eigenvalue weighted by atomic mass is 10.0. The number of nitrogens with one attached hydrogen (secondary N) is 1. The second-order valence-corrected chi connectivity index (χ2v) is 5.07. The van der Waals surface area contributed by atoms with Crippen LogP contribution in [0.4, 0.5) is 0 Å². The molecule has 1 heterocycles. The van der Waals surface area contributed by atoms with Gasteiger partial charge in [-0.2, -0.15) is 0 Å². The molecular weight excluding hydrogens is 262 g/mol. The van der Waals surface area contributed by atoms with Gasteiger partial charge in [-0.15, -0.1) is 0 Å². The zero-order valence-electron chi connectivity index (χ0n) is 9.94. The van der Waals surface area contributed by atoms with E-state index in [0.717, 1.165) is 18.2 Å². The van der Waals surface area contributed by atoms with Crippen molar-refractivity contribution >= 4 is 26.8 Å². The molecular formula is C14H18BrN. The minimum atomic E-state index is 1.07. The molecule has 2 heteroatoms. The normalized spacial score (nSPS) is 11.2. The predicted octanol–water partition coefficient (Wildman–Crippen LogP) is 4.37. The maximum atomic E-state index is 3.56. The quantitative estimate of drug-likeness (QED) is 0.801. The zero-order valence-corrected chi connectivity index (χ0v) is 11.5. The smallest absolute Gasteiger partial charge is 0.0459 e. The Labute approximate surface area is 105 Å². The van der Waals surface area contributed by atoms with E-state index in [1.807, 2.05) is 0 Å². The first-order valence-electron chi connectivity index (χ1n) is 5.92. The fraction of sp³-hybridized carbons (Fsp3) is 0.429. The van der Waals surface area contributed by atoms with Crippen LogP contribution in [-0.2, 0) is 12.8 Å². The van der Waals surface area contributed by atoms with E-state index in [9.17, 15) is 0 Å². The van der Waals surface area contributed by atoms with Gasteiger partial charge < -0.3 is 4.98 Å². The van der Waals surface area contributed by atoms with Crippen molar-refractivity contribution in [1.82, 2.24) is 4.98 Å². The molecule has 0 unspecified atom stereocenters. The summed E-state index contributed by atoms with van der Waals surface area (Å²) in [5.74, 6) is 0. The molecule has 2 aromatic rings. The Balaban J connectivity index is 2.49. The molecule has 16 heavy (non-hydrogen) atoms. The van der Waals surface area contributed by atoms with Gasteiger partial charge in [0, 0.05) is 21.9 Å². The van der Waals surface area contributed by atoms with Crippen LogP contribution in [0.25, 0.3) is 10.9 Å². The monoisotopic (exact) mass is 279 g/mol. The van der Waals surface area contributed by atoms with Gasteiger partial charge in [-0.25, -0.2) is 0 Å². The molecule has 0 amide bonds. The molecule has 0 fully saturated rings. The van der Waals surface area contributed by atoms with E-state index < -0.39 is 0 Å². The predicted molar refractivity (Wildman–Crippen MR) is 74.5 cm³/mol. The van der Waals surface area contributed by atoms with Crippen molar-refractivity contribution in [2.24, 2.45) is 0 Å². The molecule has 0 saturated carbocycles. The summed E-state index contributed by atoms with van der Waals surface area (Å²) in [6, 6.07) is 6.66. The van der Waals surface area contributed by atoms with Gasteiger partial charge in [0.05, 0.1) is 0 Å². The second-order valence-electron chi connectivity index (χ2n) is 4.28. The number of aromatic nitrogens is 1. The number of halogens is 1. The Morgan fingerprint density at radius 3 is 2.81 bits per heavy atom. The van der Waals surface area contributed by atoms with Crippen LogP contribution in [0.1, 0.15) is 30.2 Å². The number of aromatic amines is 1. The van der Waals surface area contributed by atoms with Crippen molar-refractivity contribution in [3.63, 3.8) is 0 Å². The number of hydrogen-bond acceptors (Lipinski definition) is 0. The topological polar surface area (TPSA) is 15.8 Å². The first kappa shape index (κ1) is 11.7. The minimum Gasteiger partial charge on any atom is -0.358 e. The zero-order chi connectivity index (χ0) is 11.5. The van der Waals surface area contributed by atoms with Crippen LogP contribution in [0.5, 0.6) is 0 Å². The fourth-order valence-electron chi connectivity index (χ4n) is 2.28. The lowest BCUT2D eigenvalue weighted by Gasteiger charge is -2.00. The number of fused-ring (bicyclic) bond motifs is 1. The van der Waals surface area contributed by atoms with Crippen LogP contribution < -0.4 is 0 Å². The molecule has 0 radical (unpaired) electrons. The Morgan fingerprint density at radius 1 is 1.31 bits per heavy atom. The van der Waals surface area contributed by atoms with Crippen molar-refractivity contribution < 1.29 is 0 Å². The third kappa shape index (κ3) is 2.17. The van der Waals surface area contributed by atoms with Crippen molar-refractivity contribution in [1.29, 1.82) is 0 Å². The van der Waals surface area contributed by atoms with Crippen LogP contribution >= 0.6 is 15.9 Å². The van der Waals surface area contributed by atoms with E-state index in [4.69, 9.17) is 0 Å². The molecule has 1 nitrogen and oxygen atoms in total. The summed E-state index contributed by atoms with van der Waals surface area (Å²) in [6.45, 7) is 4.40. The van der Waals surface area contributed by atoms with E-state index >= 15 is 0 Å². The van der Waals surface area contributed by atoms with E-state index in [0.29, 0.717) is 0 Å². The van der Waals surface area contributed by atoms with Crippen molar-refractivity contribution in [3.05, 3.63) is 35.0 Å². The summed E-state index contributed by atoms with van der Waals surface area (Å²) in [4.78, 5) is 3.56. The highest BCUT2D eigenvalue weighted by atomic mass is 79.9. The number of alkyl halides is 1. The Hall–Kier alpha value is -0.760. The highest BCUT2D eigenvalue weighted by Gasteiger charge is 2.09. The van der Waals surface area contributed by atoms with Gasteiger partial charge in [0.15, 0.2) is 0 Å². The summed E-state index contributed by atoms with van der Waals surface area (Å²) >= 11 is 3.49. The summed E-state index contributed by atoms with van der Waals surface area (Å²) in [5, 5.41) is 2.48. The highest BCUT2D eigenvalue weighted by Crippen LogP contribution is 2.25. The SMILES string of the molecule is CCc1c(CCCBr)[nH]c2ccc(C)cc12. The molecule has 0 aliphatic carbocycles. The third-order valence-corrected chi connectivity index (χ3v) is 3.62. The van der Waals surface area contributed by atoms with E-state index in [1.54, 1.807) is 0 Å². The van der Waals surface area contributed by atoms with Crippen LogP contribution in [0.2, 0.25) is 0 Å². The number of aryl methyl sites for hydroxylation is 3. The van der Waals surface area contributed by atoms with Gasteiger partial charge in [-0.05, 0) is 43.9 Å². The summed E-state index contributed by atoms with van der Waals surface area (Å²) in [6.07, 6.45) is 3.45. The first-order valence-corrected chi connectivity index (χ1v) is 7.04. The van der Waals surface area contributed by atoms with Gasteiger partial charge in [-0.3, -0.25) is 0 Å². The van der Waals surface area contributed by atoms with Crippen molar-refractivity contribution in [2.45, 2.75) is 33.1 Å². The van der Waals surface area contributed by atoms with Crippen molar-refractivity contribution in [2.75, 3.05) is 5.33 Å². The number of rotatable bonds is 4. The molecule has 1 aromatic carbocycles. The molecule has 0 atom stereocenters. The summed E-state index contributed by atoms with van der Waals surface area (Å²) < 4.78 is 0. The Bertz CT molecular complexity index is 485. The molecule has 0 saturated heterocycles. The summed E-state index contributed by atoms with van der Waals surface area (Å²) in [5.41, 5.74) is 5.54. The molecule has 86 valence electrons. The molecule has 0 aliphatic rings. The molecule has 0 aliphatic heterocycles. The van der Waals surface area contributed by atoms with Crippen LogP contribution in [0.15, 0.2) is 18.2 Å². The Morgan fingerprint density at radius 2 is 2.12 bits per heavy atom. The van der Waals surface area contributed by atoms with Crippen molar-refractivity contribution in [3.8, 4) is 0 Å². The lowest BCUT2D eigenvalue weighted by molar-refractivity contribution is 0.890. The van der Waals surface area contributed by atoms with Gasteiger partial charge in [0.25, 0.3) is 0 Å². The maximum absolute atomic E-state index is 3.56. The second kappa shape index (κ2) is 5.05. The van der Waals surface area contributed by atoms with Gasteiger partial charge in [0.2, 0.25) is 0 Å². The largest absolute Gasteiger partial charge is 0.358 e. The van der Waals surface area contributed by atoms with Gasteiger partial charge in [-0.1, -0.05) is 34.5 Å². The lowest BCUT2D eigenvalue weighted by Crippen LogP contribution is -1.91. The van der Waals surface area contributed by atoms with E-state index in [2.05, 4.69) is 53.0 Å².